The Hall–Kier alpha value is -3.71. The lowest BCUT2D eigenvalue weighted by atomic mass is 10.1. The molecular formula is C24H23ClN2O5. The van der Waals surface area contributed by atoms with Crippen molar-refractivity contribution >= 4 is 23.4 Å². The second kappa shape index (κ2) is 11.1. The number of nitrogens with two attached hydrogens (primary N) is 1. The van der Waals surface area contributed by atoms with E-state index < -0.39 is 5.91 Å². The fourth-order valence-electron chi connectivity index (χ4n) is 2.94. The van der Waals surface area contributed by atoms with Gasteiger partial charge in [-0.15, -0.1) is 0 Å². The number of rotatable bonds is 10. The molecule has 0 bridgehead atoms. The van der Waals surface area contributed by atoms with Crippen molar-refractivity contribution in [1.82, 2.24) is 5.32 Å². The first-order valence-electron chi connectivity index (χ1n) is 9.79. The summed E-state index contributed by atoms with van der Waals surface area (Å²) in [6.07, 6.45) is 0. The molecule has 0 aromatic heterocycles. The highest BCUT2D eigenvalue weighted by Crippen LogP contribution is 2.36. The third-order valence-corrected chi connectivity index (χ3v) is 4.78. The van der Waals surface area contributed by atoms with Gasteiger partial charge in [-0.1, -0.05) is 60.1 Å². The minimum absolute atomic E-state index is 0.127. The first-order chi connectivity index (χ1) is 15.5. The Labute approximate surface area is 191 Å². The van der Waals surface area contributed by atoms with Gasteiger partial charge >= 0.3 is 0 Å². The minimum atomic E-state index is -0.655. The van der Waals surface area contributed by atoms with Crippen LogP contribution in [0.15, 0.2) is 66.7 Å². The van der Waals surface area contributed by atoms with Crippen LogP contribution in [0.1, 0.15) is 21.5 Å². The first-order valence-corrected chi connectivity index (χ1v) is 10.2. The molecule has 0 atom stereocenters. The normalized spacial score (nSPS) is 10.3. The predicted octanol–water partition coefficient (Wildman–Crippen LogP) is 3.72. The summed E-state index contributed by atoms with van der Waals surface area (Å²) < 4.78 is 16.5. The van der Waals surface area contributed by atoms with Gasteiger partial charge in [0, 0.05) is 17.7 Å². The monoisotopic (exact) mass is 454 g/mol. The SMILES string of the molecule is COc1cc(C(=O)NCc2ccccc2OCc2ccccc2)cc(Cl)c1OCC(N)=O. The van der Waals surface area contributed by atoms with Gasteiger partial charge in [0.1, 0.15) is 12.4 Å². The lowest BCUT2D eigenvalue weighted by Gasteiger charge is -2.14. The Morgan fingerprint density at radius 2 is 1.69 bits per heavy atom. The summed E-state index contributed by atoms with van der Waals surface area (Å²) in [5.74, 6) is 0.0322. The van der Waals surface area contributed by atoms with E-state index in [1.165, 1.54) is 19.2 Å². The van der Waals surface area contributed by atoms with E-state index in [1.54, 1.807) is 0 Å². The summed E-state index contributed by atoms with van der Waals surface area (Å²) in [5.41, 5.74) is 7.26. The van der Waals surface area contributed by atoms with E-state index in [4.69, 9.17) is 31.5 Å². The standard InChI is InChI=1S/C24H23ClN2O5/c1-30-21-12-18(11-19(25)23(21)32-15-22(26)28)24(29)27-13-17-9-5-6-10-20(17)31-14-16-7-3-2-4-8-16/h2-12H,13-15H2,1H3,(H2,26,28)(H,27,29). The molecule has 0 aliphatic heterocycles. The van der Waals surface area contributed by atoms with E-state index >= 15 is 0 Å². The highest BCUT2D eigenvalue weighted by Gasteiger charge is 2.17. The van der Waals surface area contributed by atoms with Gasteiger partial charge in [0.15, 0.2) is 18.1 Å². The number of para-hydroxylation sites is 1. The van der Waals surface area contributed by atoms with Gasteiger partial charge in [0.05, 0.1) is 12.1 Å². The summed E-state index contributed by atoms with van der Waals surface area (Å²) in [6.45, 7) is 0.316. The molecule has 0 radical (unpaired) electrons. The molecule has 0 spiro atoms. The summed E-state index contributed by atoms with van der Waals surface area (Å²) in [4.78, 5) is 23.7. The maximum Gasteiger partial charge on any atom is 0.255 e. The summed E-state index contributed by atoms with van der Waals surface area (Å²) in [5, 5.41) is 2.98. The first kappa shape index (κ1) is 23.0. The second-order valence-electron chi connectivity index (χ2n) is 6.81. The van der Waals surface area contributed by atoms with Crippen molar-refractivity contribution in [3.05, 3.63) is 88.4 Å². The minimum Gasteiger partial charge on any atom is -0.493 e. The van der Waals surface area contributed by atoms with Crippen LogP contribution in [0, 0.1) is 0 Å². The summed E-state index contributed by atoms with van der Waals surface area (Å²) in [6, 6.07) is 20.2. The van der Waals surface area contributed by atoms with Crippen LogP contribution in [0.25, 0.3) is 0 Å². The Kier molecular flexibility index (Phi) is 7.94. The number of benzene rings is 3. The van der Waals surface area contributed by atoms with Crippen LogP contribution in [0.3, 0.4) is 0 Å². The smallest absolute Gasteiger partial charge is 0.255 e. The number of nitrogens with one attached hydrogen (secondary N) is 1. The van der Waals surface area contributed by atoms with E-state index in [1.807, 2.05) is 54.6 Å². The number of carbonyl (C=O) groups excluding carboxylic acids is 2. The number of primary amides is 1. The van der Waals surface area contributed by atoms with Crippen LogP contribution in [-0.2, 0) is 17.9 Å². The molecule has 2 amide bonds. The number of halogens is 1. The van der Waals surface area contributed by atoms with Gasteiger partial charge in [-0.3, -0.25) is 9.59 Å². The van der Waals surface area contributed by atoms with E-state index in [-0.39, 0.29) is 41.1 Å². The second-order valence-corrected chi connectivity index (χ2v) is 7.22. The molecule has 3 aromatic rings. The van der Waals surface area contributed by atoms with Crippen molar-refractivity contribution in [2.75, 3.05) is 13.7 Å². The lowest BCUT2D eigenvalue weighted by molar-refractivity contribution is -0.119. The molecule has 3 rings (SSSR count). The van der Waals surface area contributed by atoms with Crippen LogP contribution in [0.4, 0.5) is 0 Å². The van der Waals surface area contributed by atoms with Crippen molar-refractivity contribution in [3.8, 4) is 17.2 Å². The molecule has 3 aromatic carbocycles. The lowest BCUT2D eigenvalue weighted by Crippen LogP contribution is -2.23. The fraction of sp³-hybridized carbons (Fsp3) is 0.167. The topological polar surface area (TPSA) is 99.9 Å². The largest absolute Gasteiger partial charge is 0.493 e. The molecule has 0 unspecified atom stereocenters. The number of amides is 2. The van der Waals surface area contributed by atoms with Crippen molar-refractivity contribution in [1.29, 1.82) is 0 Å². The van der Waals surface area contributed by atoms with Crippen LogP contribution < -0.4 is 25.3 Å². The average Bonchev–Trinajstić information content (AvgIpc) is 2.81. The van der Waals surface area contributed by atoms with Crippen molar-refractivity contribution in [3.63, 3.8) is 0 Å². The summed E-state index contributed by atoms with van der Waals surface area (Å²) >= 11 is 6.23. The molecule has 166 valence electrons. The molecule has 0 aliphatic rings. The zero-order chi connectivity index (χ0) is 22.9. The van der Waals surface area contributed by atoms with Crippen LogP contribution >= 0.6 is 11.6 Å². The van der Waals surface area contributed by atoms with E-state index in [2.05, 4.69) is 5.32 Å². The molecule has 0 heterocycles. The molecule has 7 nitrogen and oxygen atoms in total. The maximum atomic E-state index is 12.7. The third kappa shape index (κ3) is 6.15. The highest BCUT2D eigenvalue weighted by molar-refractivity contribution is 6.32. The van der Waals surface area contributed by atoms with E-state index in [0.29, 0.717) is 12.4 Å². The molecule has 8 heteroatoms. The molecular weight excluding hydrogens is 432 g/mol. The summed E-state index contributed by atoms with van der Waals surface area (Å²) in [7, 11) is 1.41. The number of methoxy groups -OCH3 is 1. The Bertz CT molecular complexity index is 1090. The molecule has 0 saturated carbocycles. The molecule has 0 saturated heterocycles. The van der Waals surface area contributed by atoms with Crippen LogP contribution in [-0.4, -0.2) is 25.5 Å². The highest BCUT2D eigenvalue weighted by atomic mass is 35.5. The van der Waals surface area contributed by atoms with Gasteiger partial charge in [-0.2, -0.15) is 0 Å². The molecule has 32 heavy (non-hydrogen) atoms. The number of hydrogen-bond acceptors (Lipinski definition) is 5. The van der Waals surface area contributed by atoms with Crippen molar-refractivity contribution in [2.45, 2.75) is 13.2 Å². The van der Waals surface area contributed by atoms with E-state index in [9.17, 15) is 9.59 Å². The number of hydrogen-bond donors (Lipinski definition) is 2. The molecule has 0 fully saturated rings. The zero-order valence-corrected chi connectivity index (χ0v) is 18.2. The Morgan fingerprint density at radius 3 is 2.41 bits per heavy atom. The van der Waals surface area contributed by atoms with Gasteiger partial charge in [0.25, 0.3) is 11.8 Å². The van der Waals surface area contributed by atoms with Gasteiger partial charge < -0.3 is 25.3 Å². The molecule has 0 aliphatic carbocycles. The number of ether oxygens (including phenoxy) is 3. The number of carbonyl (C=O) groups is 2. The third-order valence-electron chi connectivity index (χ3n) is 4.50. The fourth-order valence-corrected chi connectivity index (χ4v) is 3.20. The van der Waals surface area contributed by atoms with Gasteiger partial charge in [-0.05, 0) is 23.8 Å². The van der Waals surface area contributed by atoms with Gasteiger partial charge in [-0.25, -0.2) is 0 Å². The predicted molar refractivity (Wildman–Crippen MR) is 121 cm³/mol. The average molecular weight is 455 g/mol. The zero-order valence-electron chi connectivity index (χ0n) is 17.5. The molecule has 3 N–H and O–H groups in total. The van der Waals surface area contributed by atoms with E-state index in [0.717, 1.165) is 11.1 Å². The van der Waals surface area contributed by atoms with Gasteiger partial charge in [0.2, 0.25) is 0 Å². The maximum absolute atomic E-state index is 12.7. The Morgan fingerprint density at radius 1 is 0.969 bits per heavy atom. The Balaban J connectivity index is 1.68. The quantitative estimate of drug-likeness (QED) is 0.486. The van der Waals surface area contributed by atoms with Crippen molar-refractivity contribution in [2.24, 2.45) is 5.73 Å². The van der Waals surface area contributed by atoms with Crippen LogP contribution in [0.5, 0.6) is 17.2 Å². The van der Waals surface area contributed by atoms with Crippen molar-refractivity contribution < 1.29 is 23.8 Å². The van der Waals surface area contributed by atoms with Crippen LogP contribution in [0.2, 0.25) is 5.02 Å².